The van der Waals surface area contributed by atoms with Crippen LogP contribution in [0.25, 0.3) is 0 Å². The Morgan fingerprint density at radius 3 is 1.45 bits per heavy atom. The van der Waals surface area contributed by atoms with E-state index in [1.807, 2.05) is 0 Å². The van der Waals surface area contributed by atoms with E-state index in [-0.39, 0.29) is 5.12 Å². The van der Waals surface area contributed by atoms with Gasteiger partial charge in [-0.3, -0.25) is 4.79 Å². The maximum absolute atomic E-state index is 11.1. The van der Waals surface area contributed by atoms with Crippen molar-refractivity contribution in [2.45, 2.75) is 12.8 Å². The third-order valence-corrected chi connectivity index (χ3v) is 7.51. The molecule has 0 fully saturated rings. The van der Waals surface area contributed by atoms with E-state index in [2.05, 4.69) is 37.8 Å². The number of aliphatic hydroxyl groups is 1. The van der Waals surface area contributed by atoms with Crippen molar-refractivity contribution in [2.75, 3.05) is 126 Å². The summed E-state index contributed by atoms with van der Waals surface area (Å²) in [6.45, 7) is 7.60. The minimum absolute atomic E-state index is 0.178. The van der Waals surface area contributed by atoms with Crippen LogP contribution in [-0.2, 0) is 33.2 Å². The second kappa shape index (κ2) is 38.4. The van der Waals surface area contributed by atoms with Gasteiger partial charge < -0.3 is 33.5 Å². The lowest BCUT2D eigenvalue weighted by Crippen LogP contribution is -2.11. The van der Waals surface area contributed by atoms with Crippen LogP contribution in [-0.4, -0.2) is 142 Å². The molecule has 14 heteroatoms. The van der Waals surface area contributed by atoms with Gasteiger partial charge in [0.1, 0.15) is 0 Å². The Bertz CT molecular complexity index is 507. The number of ether oxygens (including phenoxy) is 6. The molecule has 0 aliphatic rings. The van der Waals surface area contributed by atoms with Gasteiger partial charge in [-0.15, -0.1) is 0 Å². The number of thioether (sulfide) groups is 3. The molecule has 0 spiro atoms. The third-order valence-electron chi connectivity index (χ3n) is 4.02. The van der Waals surface area contributed by atoms with E-state index in [4.69, 9.17) is 28.4 Å². The predicted molar refractivity (Wildman–Crippen MR) is 178 cm³/mol. The van der Waals surface area contributed by atoms with Gasteiger partial charge in [0.2, 0.25) is 0 Å². The summed E-state index contributed by atoms with van der Waals surface area (Å²) in [5.74, 6) is 4.86. The van der Waals surface area contributed by atoms with E-state index >= 15 is 0 Å². The average Bonchev–Trinajstić information content (AvgIpc) is 2.90. The highest BCUT2D eigenvalue weighted by Crippen LogP contribution is 2.05. The van der Waals surface area contributed by atoms with E-state index in [1.165, 1.54) is 11.8 Å². The molecule has 230 valence electrons. The van der Waals surface area contributed by atoms with Gasteiger partial charge in [0, 0.05) is 35.9 Å². The minimum Gasteiger partial charge on any atom is -0.378 e. The number of hydrogen-bond donors (Lipinski definition) is 4. The standard InChI is InChI=1S/C12H26O4S3.C12H24O4S3/c2*1-18-10-7-15-5-3-14-4-6-16-8-11-19-12(13)2-9-17/h13,17,19H,2-11H2,1H3;17H,2-11H2,1H3. The van der Waals surface area contributed by atoms with Gasteiger partial charge >= 0.3 is 0 Å². The largest absolute Gasteiger partial charge is 0.378 e. The van der Waals surface area contributed by atoms with E-state index in [9.17, 15) is 9.90 Å². The van der Waals surface area contributed by atoms with Gasteiger partial charge in [0.05, 0.1) is 84.3 Å². The summed E-state index contributed by atoms with van der Waals surface area (Å²) in [5, 5.41) is 10.0. The molecule has 0 bridgehead atoms. The number of thiol groups is 3. The maximum Gasteiger partial charge on any atom is 0.189 e. The molecule has 0 rings (SSSR count). The molecule has 1 N–H and O–H groups in total. The van der Waals surface area contributed by atoms with Gasteiger partial charge in [0.15, 0.2) is 5.12 Å². The van der Waals surface area contributed by atoms with Crippen LogP contribution in [0.5, 0.6) is 0 Å². The van der Waals surface area contributed by atoms with Crippen LogP contribution in [0.2, 0.25) is 0 Å². The highest BCUT2D eigenvalue weighted by molar-refractivity contribution is 8.13. The fraction of sp³-hybridized carbons (Fsp3) is 0.917. The Hall–Kier alpha value is 1.36. The molecule has 0 aromatic carbocycles. The van der Waals surface area contributed by atoms with Crippen LogP contribution in [0.15, 0.2) is 0 Å². The molecule has 8 nitrogen and oxygen atoms in total. The van der Waals surface area contributed by atoms with E-state index < -0.39 is 0 Å². The van der Waals surface area contributed by atoms with Crippen molar-refractivity contribution in [2.24, 2.45) is 0 Å². The molecule has 0 aliphatic heterocycles. The number of hydrogen-bond acceptors (Lipinski definition) is 12. The lowest BCUT2D eigenvalue weighted by Gasteiger charge is -2.06. The first-order chi connectivity index (χ1) is 18.6. The summed E-state index contributed by atoms with van der Waals surface area (Å²) >= 11 is 13.8. The summed E-state index contributed by atoms with van der Waals surface area (Å²) in [5.41, 5.74) is 0. The minimum atomic E-state index is 0.178. The Kier molecular flexibility index (Phi) is 41.9. The number of aliphatic hydroxyl groups excluding tert-OH is 1. The molecule has 0 saturated carbocycles. The van der Waals surface area contributed by atoms with Gasteiger partial charge in [-0.2, -0.15) is 60.1 Å². The summed E-state index contributed by atoms with van der Waals surface area (Å²) in [7, 11) is 0. The Morgan fingerprint density at radius 2 is 1.03 bits per heavy atom. The van der Waals surface area contributed by atoms with Gasteiger partial charge in [-0.05, 0) is 24.0 Å². The molecule has 0 aromatic rings. The highest BCUT2D eigenvalue weighted by atomic mass is 32.2. The van der Waals surface area contributed by atoms with Crippen LogP contribution >= 0.6 is 71.9 Å². The van der Waals surface area contributed by atoms with Crippen molar-refractivity contribution in [1.82, 2.24) is 0 Å². The van der Waals surface area contributed by atoms with Gasteiger partial charge in [0.25, 0.3) is 0 Å². The normalized spacial score (nSPS) is 11.7. The van der Waals surface area contributed by atoms with E-state index in [0.717, 1.165) is 41.8 Å². The monoisotopic (exact) mass is 658 g/mol. The van der Waals surface area contributed by atoms with Crippen molar-refractivity contribution in [1.29, 1.82) is 0 Å². The molecule has 0 unspecified atom stereocenters. The molecule has 38 heavy (non-hydrogen) atoms. The van der Waals surface area contributed by atoms with E-state index in [0.29, 0.717) is 101 Å². The maximum atomic E-state index is 11.1. The fourth-order valence-electron chi connectivity index (χ4n) is 2.16. The zero-order valence-corrected chi connectivity index (χ0v) is 28.1. The molecule has 0 amide bonds. The van der Waals surface area contributed by atoms with Crippen LogP contribution in [0.4, 0.5) is 0 Å². The second-order valence-electron chi connectivity index (χ2n) is 7.13. The smallest absolute Gasteiger partial charge is 0.189 e. The Balaban J connectivity index is 0. The summed E-state index contributed by atoms with van der Waals surface area (Å²) in [6, 6.07) is 0. The second-order valence-corrected chi connectivity index (χ2v) is 12.4. The predicted octanol–water partition coefficient (Wildman–Crippen LogP) is 3.85. The Labute approximate surface area is 258 Å². The Morgan fingerprint density at radius 1 is 0.632 bits per heavy atom. The summed E-state index contributed by atoms with van der Waals surface area (Å²) in [6.07, 6.45) is 5.30. The summed E-state index contributed by atoms with van der Waals surface area (Å²) in [4.78, 5) is 11.1. The van der Waals surface area contributed by atoms with Crippen molar-refractivity contribution in [3.8, 4) is 0 Å². The molecule has 0 atom stereocenters. The molecule has 0 aromatic heterocycles. The van der Waals surface area contributed by atoms with Crippen LogP contribution in [0, 0.1) is 0 Å². The first-order valence-corrected chi connectivity index (χ1v) is 18.8. The molecule has 0 heterocycles. The van der Waals surface area contributed by atoms with Crippen molar-refractivity contribution >= 4 is 82.1 Å². The molecule has 0 saturated heterocycles. The lowest BCUT2D eigenvalue weighted by molar-refractivity contribution is -0.110. The zero-order valence-electron chi connectivity index (χ0n) is 23.0. The van der Waals surface area contributed by atoms with Crippen molar-refractivity contribution in [3.63, 3.8) is 0 Å². The topological polar surface area (TPSA) is 92.7 Å². The van der Waals surface area contributed by atoms with Crippen LogP contribution < -0.4 is 0 Å². The highest BCUT2D eigenvalue weighted by Gasteiger charge is 2.00. The third kappa shape index (κ3) is 39.5. The lowest BCUT2D eigenvalue weighted by atomic mass is 10.5. The van der Waals surface area contributed by atoms with Gasteiger partial charge in [-0.1, -0.05) is 11.8 Å². The number of rotatable bonds is 28. The number of carbonyl (C=O) groups is 1. The summed E-state index contributed by atoms with van der Waals surface area (Å²) < 4.78 is 32.1. The number of carbonyl (C=O) groups excluding carboxylic acids is 1. The zero-order chi connectivity index (χ0) is 28.4. The average molecular weight is 659 g/mol. The molecule has 0 radical (unpaired) electrons. The van der Waals surface area contributed by atoms with Crippen LogP contribution in [0.1, 0.15) is 12.8 Å². The molecule has 0 aliphatic carbocycles. The first kappa shape index (κ1) is 41.5. The first-order valence-electron chi connectivity index (χ1n) is 12.7. The quantitative estimate of drug-likeness (QED) is 0.0562. The SMILES string of the molecule is CSCCOCCOCCOCCSC(=O)CCS.CSCCOCCOCCOCC[SH]=C(O)CCS. The fourth-order valence-corrected chi connectivity index (χ4v) is 4.90. The van der Waals surface area contributed by atoms with Crippen molar-refractivity contribution in [3.05, 3.63) is 0 Å². The van der Waals surface area contributed by atoms with Gasteiger partial charge in [-0.25, -0.2) is 0 Å². The molecular formula is C24H50O8S6. The van der Waals surface area contributed by atoms with Crippen molar-refractivity contribution < 1.29 is 38.3 Å². The molecular weight excluding hydrogens is 609 g/mol. The van der Waals surface area contributed by atoms with E-state index in [1.54, 1.807) is 23.5 Å². The van der Waals surface area contributed by atoms with Crippen LogP contribution in [0.3, 0.4) is 0 Å².